The Morgan fingerprint density at radius 1 is 0.696 bits per heavy atom. The number of para-hydroxylation sites is 1. The molecule has 3 N–H and O–H groups in total. The summed E-state index contributed by atoms with van der Waals surface area (Å²) in [5, 5.41) is 0. The molecule has 23 heavy (non-hydrogen) atoms. The largest absolute Gasteiger partial charge is 0.399 e. The fourth-order valence-corrected chi connectivity index (χ4v) is 3.28. The van der Waals surface area contributed by atoms with Crippen molar-refractivity contribution in [1.29, 1.82) is 0 Å². The van der Waals surface area contributed by atoms with Gasteiger partial charge in [-0.05, 0) is 47.5 Å². The summed E-state index contributed by atoms with van der Waals surface area (Å²) >= 11 is 0. The number of nitrogens with two attached hydrogens (primary N) is 1. The van der Waals surface area contributed by atoms with Gasteiger partial charge in [-0.15, -0.1) is 0 Å². The maximum Gasteiger partial charge on any atom is 0.261 e. The number of sulfonamides is 1. The van der Waals surface area contributed by atoms with Crippen LogP contribution >= 0.6 is 0 Å². The van der Waals surface area contributed by atoms with Crippen molar-refractivity contribution in [3.8, 4) is 11.1 Å². The number of nitrogens with one attached hydrogen (secondary N) is 1. The average Bonchev–Trinajstić information content (AvgIpc) is 2.56. The molecule has 3 aromatic carbocycles. The molecular weight excluding hydrogens is 308 g/mol. The first-order valence-electron chi connectivity index (χ1n) is 7.08. The lowest BCUT2D eigenvalue weighted by molar-refractivity contribution is 0.601. The molecule has 0 radical (unpaired) electrons. The average molecular weight is 324 g/mol. The molecule has 0 fully saturated rings. The maximum atomic E-state index is 12.4. The highest BCUT2D eigenvalue weighted by Gasteiger charge is 2.13. The summed E-state index contributed by atoms with van der Waals surface area (Å²) in [4.78, 5) is 0.223. The summed E-state index contributed by atoms with van der Waals surface area (Å²) in [6.45, 7) is 0. The van der Waals surface area contributed by atoms with Crippen molar-refractivity contribution in [1.82, 2.24) is 0 Å². The SMILES string of the molecule is Nc1ccc(-c2ccc(S(=O)(=O)Nc3ccccc3)cc2)cc1. The number of hydrogen-bond acceptors (Lipinski definition) is 3. The van der Waals surface area contributed by atoms with E-state index in [1.807, 2.05) is 30.3 Å². The molecule has 0 aliphatic heterocycles. The fourth-order valence-electron chi connectivity index (χ4n) is 2.22. The Morgan fingerprint density at radius 3 is 1.78 bits per heavy atom. The molecule has 0 unspecified atom stereocenters. The Labute approximate surface area is 135 Å². The molecule has 0 saturated carbocycles. The third kappa shape index (κ3) is 3.52. The molecule has 116 valence electrons. The normalized spacial score (nSPS) is 11.1. The summed E-state index contributed by atoms with van der Waals surface area (Å²) in [5.74, 6) is 0. The topological polar surface area (TPSA) is 72.2 Å². The summed E-state index contributed by atoms with van der Waals surface area (Å²) < 4.78 is 27.3. The number of nitrogen functional groups attached to an aromatic ring is 1. The van der Waals surface area contributed by atoms with Crippen LogP contribution < -0.4 is 10.5 Å². The first-order chi connectivity index (χ1) is 11.0. The van der Waals surface area contributed by atoms with Crippen LogP contribution in [0.25, 0.3) is 11.1 Å². The van der Waals surface area contributed by atoms with Gasteiger partial charge in [-0.2, -0.15) is 0 Å². The van der Waals surface area contributed by atoms with E-state index >= 15 is 0 Å². The summed E-state index contributed by atoms with van der Waals surface area (Å²) in [6.07, 6.45) is 0. The van der Waals surface area contributed by atoms with Gasteiger partial charge >= 0.3 is 0 Å². The van der Waals surface area contributed by atoms with Crippen LogP contribution in [-0.4, -0.2) is 8.42 Å². The fraction of sp³-hybridized carbons (Fsp3) is 0. The van der Waals surface area contributed by atoms with E-state index in [1.165, 1.54) is 0 Å². The highest BCUT2D eigenvalue weighted by atomic mass is 32.2. The molecule has 4 nitrogen and oxygen atoms in total. The lowest BCUT2D eigenvalue weighted by Crippen LogP contribution is -2.12. The second kappa shape index (κ2) is 6.14. The monoisotopic (exact) mass is 324 g/mol. The third-order valence-corrected chi connectivity index (χ3v) is 4.83. The Hall–Kier alpha value is -2.79. The highest BCUT2D eigenvalue weighted by Crippen LogP contribution is 2.23. The molecule has 0 spiro atoms. The zero-order chi connectivity index (χ0) is 16.3. The van der Waals surface area contributed by atoms with Gasteiger partial charge in [-0.3, -0.25) is 4.72 Å². The minimum Gasteiger partial charge on any atom is -0.399 e. The lowest BCUT2D eigenvalue weighted by Gasteiger charge is -2.09. The minimum atomic E-state index is -3.59. The van der Waals surface area contributed by atoms with Crippen molar-refractivity contribution in [3.05, 3.63) is 78.9 Å². The van der Waals surface area contributed by atoms with E-state index in [9.17, 15) is 8.42 Å². The van der Waals surface area contributed by atoms with E-state index in [4.69, 9.17) is 5.73 Å². The Bertz CT molecular complexity index is 888. The first kappa shape index (κ1) is 15.1. The van der Waals surface area contributed by atoms with Crippen LogP contribution in [0.1, 0.15) is 0 Å². The van der Waals surface area contributed by atoms with Gasteiger partial charge in [0, 0.05) is 11.4 Å². The van der Waals surface area contributed by atoms with Gasteiger partial charge in [0.1, 0.15) is 0 Å². The van der Waals surface area contributed by atoms with Gasteiger partial charge in [0.25, 0.3) is 10.0 Å². The van der Waals surface area contributed by atoms with E-state index in [1.54, 1.807) is 48.5 Å². The van der Waals surface area contributed by atoms with Crippen LogP contribution in [0.4, 0.5) is 11.4 Å². The van der Waals surface area contributed by atoms with Crippen LogP contribution in [0.3, 0.4) is 0 Å². The molecule has 0 amide bonds. The summed E-state index contributed by atoms with van der Waals surface area (Å²) in [6, 6.07) is 23.0. The van der Waals surface area contributed by atoms with Crippen LogP contribution in [0, 0.1) is 0 Å². The maximum absolute atomic E-state index is 12.4. The van der Waals surface area contributed by atoms with Crippen molar-refractivity contribution < 1.29 is 8.42 Å². The van der Waals surface area contributed by atoms with Crippen molar-refractivity contribution in [3.63, 3.8) is 0 Å². The third-order valence-electron chi connectivity index (χ3n) is 3.43. The van der Waals surface area contributed by atoms with Gasteiger partial charge in [0.05, 0.1) is 4.90 Å². The lowest BCUT2D eigenvalue weighted by atomic mass is 10.1. The molecule has 0 bridgehead atoms. The smallest absolute Gasteiger partial charge is 0.261 e. The Morgan fingerprint density at radius 2 is 1.22 bits per heavy atom. The Balaban J connectivity index is 1.85. The van der Waals surface area contributed by atoms with Crippen molar-refractivity contribution in [2.75, 3.05) is 10.5 Å². The standard InChI is InChI=1S/C18H16N2O2S/c19-16-10-6-14(7-11-16)15-8-12-18(13-9-15)23(21,22)20-17-4-2-1-3-5-17/h1-13,20H,19H2. The molecule has 0 saturated heterocycles. The van der Waals surface area contributed by atoms with Gasteiger partial charge < -0.3 is 5.73 Å². The first-order valence-corrected chi connectivity index (χ1v) is 8.57. The highest BCUT2D eigenvalue weighted by molar-refractivity contribution is 7.92. The Kier molecular flexibility index (Phi) is 4.04. The van der Waals surface area contributed by atoms with Crippen LogP contribution in [0.2, 0.25) is 0 Å². The second-order valence-corrected chi connectivity index (χ2v) is 6.80. The molecule has 0 atom stereocenters. The van der Waals surface area contributed by atoms with Crippen molar-refractivity contribution in [2.24, 2.45) is 0 Å². The zero-order valence-corrected chi connectivity index (χ0v) is 13.1. The van der Waals surface area contributed by atoms with Gasteiger partial charge in [0.2, 0.25) is 0 Å². The number of anilines is 2. The van der Waals surface area contributed by atoms with E-state index in [2.05, 4.69) is 4.72 Å². The quantitative estimate of drug-likeness (QED) is 0.718. The number of hydrogen-bond donors (Lipinski definition) is 2. The van der Waals surface area contributed by atoms with Gasteiger partial charge in [0.15, 0.2) is 0 Å². The number of rotatable bonds is 4. The zero-order valence-electron chi connectivity index (χ0n) is 12.3. The second-order valence-electron chi connectivity index (χ2n) is 5.12. The van der Waals surface area contributed by atoms with Crippen molar-refractivity contribution in [2.45, 2.75) is 4.90 Å². The van der Waals surface area contributed by atoms with Gasteiger partial charge in [-0.1, -0.05) is 42.5 Å². The molecule has 5 heteroatoms. The summed E-state index contributed by atoms with van der Waals surface area (Å²) in [5.41, 5.74) is 8.82. The number of benzene rings is 3. The van der Waals surface area contributed by atoms with E-state index in [-0.39, 0.29) is 4.90 Å². The molecule has 0 aliphatic carbocycles. The predicted molar refractivity (Wildman–Crippen MR) is 93.5 cm³/mol. The molecule has 0 heterocycles. The predicted octanol–water partition coefficient (Wildman–Crippen LogP) is 3.74. The molecule has 0 aromatic heterocycles. The molecule has 3 aromatic rings. The molecular formula is C18H16N2O2S. The minimum absolute atomic E-state index is 0.223. The van der Waals surface area contributed by atoms with Gasteiger partial charge in [-0.25, -0.2) is 8.42 Å². The molecule has 3 rings (SSSR count). The van der Waals surface area contributed by atoms with E-state index in [0.717, 1.165) is 11.1 Å². The van der Waals surface area contributed by atoms with E-state index < -0.39 is 10.0 Å². The van der Waals surface area contributed by atoms with Crippen molar-refractivity contribution >= 4 is 21.4 Å². The molecule has 0 aliphatic rings. The van der Waals surface area contributed by atoms with Crippen LogP contribution in [-0.2, 0) is 10.0 Å². The summed E-state index contributed by atoms with van der Waals surface area (Å²) in [7, 11) is -3.59. The van der Waals surface area contributed by atoms with Crippen LogP contribution in [0.15, 0.2) is 83.8 Å². The van der Waals surface area contributed by atoms with Crippen LogP contribution in [0.5, 0.6) is 0 Å². The van der Waals surface area contributed by atoms with E-state index in [0.29, 0.717) is 11.4 Å².